The van der Waals surface area contributed by atoms with Gasteiger partial charge in [-0.25, -0.2) is 0 Å². The lowest BCUT2D eigenvalue weighted by Gasteiger charge is -2.26. The number of hydrogen-bond acceptors (Lipinski definition) is 1. The van der Waals surface area contributed by atoms with Gasteiger partial charge in [0.1, 0.15) is 0 Å². The number of fused-ring (bicyclic) bond motifs is 1. The average Bonchev–Trinajstić information content (AvgIpc) is 3.05. The first-order valence-electron chi connectivity index (χ1n) is 9.01. The second kappa shape index (κ2) is 6.72. The van der Waals surface area contributed by atoms with Crippen LogP contribution in [0.3, 0.4) is 0 Å². The van der Waals surface area contributed by atoms with Gasteiger partial charge in [0, 0.05) is 6.54 Å². The molecule has 2 aromatic rings. The molecule has 4 rings (SSSR count). The van der Waals surface area contributed by atoms with Crippen molar-refractivity contribution in [2.45, 2.75) is 32.1 Å². The Bertz CT molecular complexity index is 693. The predicted octanol–water partition coefficient (Wildman–Crippen LogP) is 5.17. The van der Waals surface area contributed by atoms with E-state index in [1.54, 1.807) is 5.57 Å². The molecule has 0 unspecified atom stereocenters. The van der Waals surface area contributed by atoms with E-state index in [0.717, 1.165) is 6.42 Å². The molecule has 1 aliphatic carbocycles. The van der Waals surface area contributed by atoms with Crippen LogP contribution in [0.5, 0.6) is 0 Å². The fraction of sp³-hybridized carbons (Fsp3) is 0.364. The van der Waals surface area contributed by atoms with Crippen LogP contribution in [0.25, 0.3) is 16.7 Å². The highest BCUT2D eigenvalue weighted by Crippen LogP contribution is 2.36. The number of nitrogens with zero attached hydrogens (tertiary/aromatic N) is 1. The van der Waals surface area contributed by atoms with Crippen LogP contribution in [0.4, 0.5) is 0 Å². The van der Waals surface area contributed by atoms with Crippen molar-refractivity contribution in [1.82, 2.24) is 4.90 Å². The second-order valence-corrected chi connectivity index (χ2v) is 6.78. The van der Waals surface area contributed by atoms with Crippen molar-refractivity contribution >= 4 is 5.57 Å². The summed E-state index contributed by atoms with van der Waals surface area (Å²) in [5, 5.41) is 0. The molecule has 0 spiro atoms. The van der Waals surface area contributed by atoms with E-state index in [-0.39, 0.29) is 0 Å². The van der Waals surface area contributed by atoms with Crippen molar-refractivity contribution in [2.24, 2.45) is 0 Å². The minimum absolute atomic E-state index is 1.09. The van der Waals surface area contributed by atoms with Crippen LogP contribution in [0.15, 0.2) is 54.6 Å². The van der Waals surface area contributed by atoms with Crippen molar-refractivity contribution in [3.05, 3.63) is 65.7 Å². The van der Waals surface area contributed by atoms with Crippen molar-refractivity contribution in [3.63, 3.8) is 0 Å². The van der Waals surface area contributed by atoms with Gasteiger partial charge in [-0.2, -0.15) is 0 Å². The van der Waals surface area contributed by atoms with Gasteiger partial charge in [-0.15, -0.1) is 0 Å². The number of piperidine rings is 1. The van der Waals surface area contributed by atoms with Gasteiger partial charge in [0.25, 0.3) is 0 Å². The van der Waals surface area contributed by atoms with E-state index in [4.69, 9.17) is 0 Å². The quantitative estimate of drug-likeness (QED) is 0.753. The molecule has 118 valence electrons. The Kier molecular flexibility index (Phi) is 4.30. The summed E-state index contributed by atoms with van der Waals surface area (Å²) in [4.78, 5) is 2.64. The first-order valence-corrected chi connectivity index (χ1v) is 9.01. The molecular formula is C22H25N. The maximum Gasteiger partial charge on any atom is 0.00219 e. The van der Waals surface area contributed by atoms with Crippen molar-refractivity contribution < 1.29 is 0 Å². The third-order valence-corrected chi connectivity index (χ3v) is 5.31. The van der Waals surface area contributed by atoms with Crippen molar-refractivity contribution in [1.29, 1.82) is 0 Å². The van der Waals surface area contributed by atoms with Crippen molar-refractivity contribution in [2.75, 3.05) is 19.6 Å². The summed E-state index contributed by atoms with van der Waals surface area (Å²) in [7, 11) is 0. The molecule has 1 heteroatoms. The minimum atomic E-state index is 1.09. The second-order valence-electron chi connectivity index (χ2n) is 6.78. The van der Waals surface area contributed by atoms with Gasteiger partial charge in [0.2, 0.25) is 0 Å². The van der Waals surface area contributed by atoms with Crippen LogP contribution in [0, 0.1) is 0 Å². The molecule has 0 aromatic heterocycles. The molecule has 1 heterocycles. The Morgan fingerprint density at radius 2 is 1.57 bits per heavy atom. The van der Waals surface area contributed by atoms with Gasteiger partial charge in [0.05, 0.1) is 0 Å². The lowest BCUT2D eigenvalue weighted by molar-refractivity contribution is 0.234. The van der Waals surface area contributed by atoms with Gasteiger partial charge in [-0.05, 0) is 66.6 Å². The summed E-state index contributed by atoms with van der Waals surface area (Å²) >= 11 is 0. The van der Waals surface area contributed by atoms with Gasteiger partial charge >= 0.3 is 0 Å². The monoisotopic (exact) mass is 303 g/mol. The molecule has 0 atom stereocenters. The van der Waals surface area contributed by atoms with Crippen molar-refractivity contribution in [3.8, 4) is 11.1 Å². The molecule has 0 bridgehead atoms. The van der Waals surface area contributed by atoms with E-state index in [0.29, 0.717) is 0 Å². The molecule has 23 heavy (non-hydrogen) atoms. The van der Waals surface area contributed by atoms with E-state index in [1.807, 2.05) is 0 Å². The zero-order valence-electron chi connectivity index (χ0n) is 13.8. The van der Waals surface area contributed by atoms with E-state index in [9.17, 15) is 0 Å². The molecule has 0 saturated carbocycles. The molecule has 1 nitrogen and oxygen atoms in total. The normalized spacial score (nSPS) is 17.8. The number of benzene rings is 2. The van der Waals surface area contributed by atoms with Crippen LogP contribution in [-0.4, -0.2) is 24.5 Å². The summed E-state index contributed by atoms with van der Waals surface area (Å²) in [5.41, 5.74) is 7.32. The van der Waals surface area contributed by atoms with Crippen LogP contribution < -0.4 is 0 Å². The number of likely N-dealkylation sites (tertiary alicyclic amines) is 1. The molecule has 2 aromatic carbocycles. The largest absolute Gasteiger partial charge is 0.303 e. The Labute approximate surface area is 139 Å². The van der Waals surface area contributed by atoms with Crippen LogP contribution >= 0.6 is 0 Å². The summed E-state index contributed by atoms with van der Waals surface area (Å²) < 4.78 is 0. The Hall–Kier alpha value is -1.86. The lowest BCUT2D eigenvalue weighted by Crippen LogP contribution is -2.30. The van der Waals surface area contributed by atoms with Gasteiger partial charge < -0.3 is 4.90 Å². The third kappa shape index (κ3) is 3.11. The smallest absolute Gasteiger partial charge is 0.00219 e. The third-order valence-electron chi connectivity index (χ3n) is 5.31. The van der Waals surface area contributed by atoms with E-state index < -0.39 is 0 Å². The first kappa shape index (κ1) is 14.7. The number of rotatable bonds is 4. The standard InChI is InChI=1S/C22H25N/c1-3-8-18(9-4-1)20-10-7-11-21-19(12-13-22(20)21)14-17-23-15-5-2-6-16-23/h1,3-4,7-12H,2,5-6,13-17H2. The van der Waals surface area contributed by atoms with Gasteiger partial charge in [-0.3, -0.25) is 0 Å². The van der Waals surface area contributed by atoms with Crippen LogP contribution in [0.1, 0.15) is 36.8 Å². The highest BCUT2D eigenvalue weighted by atomic mass is 15.1. The fourth-order valence-corrected chi connectivity index (χ4v) is 4.03. The van der Waals surface area contributed by atoms with E-state index in [2.05, 4.69) is 59.5 Å². The summed E-state index contributed by atoms with van der Waals surface area (Å²) in [6.45, 7) is 3.81. The number of hydrogen-bond donors (Lipinski definition) is 0. The molecular weight excluding hydrogens is 278 g/mol. The summed E-state index contributed by atoms with van der Waals surface area (Å²) in [6, 6.07) is 17.6. The first-order chi connectivity index (χ1) is 11.4. The van der Waals surface area contributed by atoms with E-state index in [1.165, 1.54) is 67.6 Å². The fourth-order valence-electron chi connectivity index (χ4n) is 4.03. The average molecular weight is 303 g/mol. The van der Waals surface area contributed by atoms with Crippen LogP contribution in [-0.2, 0) is 6.42 Å². The Morgan fingerprint density at radius 3 is 2.39 bits per heavy atom. The van der Waals surface area contributed by atoms with Gasteiger partial charge in [-0.1, -0.05) is 61.0 Å². The topological polar surface area (TPSA) is 3.24 Å². The highest BCUT2D eigenvalue weighted by Gasteiger charge is 2.19. The Balaban J connectivity index is 1.52. The lowest BCUT2D eigenvalue weighted by atomic mass is 9.94. The maximum atomic E-state index is 2.64. The summed E-state index contributed by atoms with van der Waals surface area (Å²) in [6.07, 6.45) is 8.94. The zero-order valence-corrected chi connectivity index (χ0v) is 13.8. The van der Waals surface area contributed by atoms with Crippen LogP contribution in [0.2, 0.25) is 0 Å². The molecule has 1 saturated heterocycles. The molecule has 0 amide bonds. The molecule has 0 N–H and O–H groups in total. The highest BCUT2D eigenvalue weighted by molar-refractivity contribution is 5.81. The SMILES string of the molecule is C1=C(CCN2CCCCC2)c2cccc(-c3ccccc3)c2C1. The minimum Gasteiger partial charge on any atom is -0.303 e. The summed E-state index contributed by atoms with van der Waals surface area (Å²) in [5.74, 6) is 0. The predicted molar refractivity (Wildman–Crippen MR) is 98.5 cm³/mol. The Morgan fingerprint density at radius 1 is 0.783 bits per heavy atom. The number of allylic oxidation sites excluding steroid dienone is 1. The molecule has 1 aliphatic heterocycles. The molecule has 0 radical (unpaired) electrons. The molecule has 2 aliphatic rings. The molecule has 1 fully saturated rings. The van der Waals surface area contributed by atoms with Gasteiger partial charge in [0.15, 0.2) is 0 Å². The zero-order chi connectivity index (χ0) is 15.5. The maximum absolute atomic E-state index is 2.64. The van der Waals surface area contributed by atoms with E-state index >= 15 is 0 Å².